The average molecular weight is 736 g/mol. The third-order valence-electron chi connectivity index (χ3n) is 12.1. The quantitative estimate of drug-likeness (QED) is 0.127. The van der Waals surface area contributed by atoms with Gasteiger partial charge in [0.15, 0.2) is 0 Å². The van der Waals surface area contributed by atoms with E-state index in [0.717, 1.165) is 41.4 Å². The van der Waals surface area contributed by atoms with E-state index in [1.165, 1.54) is 68.1 Å². The number of carbonyl (C=O) groups is 1. The second kappa shape index (κ2) is 11.4. The summed E-state index contributed by atoms with van der Waals surface area (Å²) in [5.74, 6) is 5.85. The van der Waals surface area contributed by atoms with E-state index in [1.54, 1.807) is 0 Å². The molecular formula is C31H51BrHgO2. The minimum absolute atomic E-state index is 0.130. The van der Waals surface area contributed by atoms with Crippen LogP contribution in [0.2, 0.25) is 3.93 Å². The fraction of sp³-hybridized carbons (Fsp3) is 0.903. The molecule has 0 aliphatic heterocycles. The van der Waals surface area contributed by atoms with Gasteiger partial charge in [0.25, 0.3) is 0 Å². The molecule has 0 radical (unpaired) electrons. The molecule has 0 bridgehead atoms. The number of allylic oxidation sites excluding steroid dienone is 1. The number of rotatable bonds is 10. The van der Waals surface area contributed by atoms with Gasteiger partial charge in [-0.05, 0) is 5.92 Å². The maximum atomic E-state index is 12.4. The van der Waals surface area contributed by atoms with Crippen molar-refractivity contribution in [1.29, 1.82) is 0 Å². The topological polar surface area (TPSA) is 26.3 Å². The summed E-state index contributed by atoms with van der Waals surface area (Å²) in [5.41, 5.74) is 1.11. The van der Waals surface area contributed by atoms with E-state index >= 15 is 0 Å². The molecule has 0 unspecified atom stereocenters. The van der Waals surface area contributed by atoms with Crippen LogP contribution >= 0.6 is 11.9 Å². The first-order chi connectivity index (χ1) is 16.6. The van der Waals surface area contributed by atoms with Crippen LogP contribution in [-0.2, 0) is 31.7 Å². The van der Waals surface area contributed by atoms with Crippen LogP contribution in [0.3, 0.4) is 0 Å². The van der Waals surface area contributed by atoms with Gasteiger partial charge in [0.1, 0.15) is 0 Å². The Morgan fingerprint density at radius 3 is 2.54 bits per heavy atom. The van der Waals surface area contributed by atoms with Crippen molar-refractivity contribution in [2.45, 2.75) is 110 Å². The van der Waals surface area contributed by atoms with Crippen molar-refractivity contribution < 1.29 is 31.7 Å². The molecule has 35 heavy (non-hydrogen) atoms. The van der Waals surface area contributed by atoms with E-state index in [4.69, 9.17) is 4.74 Å². The Hall–Kier alpha value is 0.625. The molecule has 4 aliphatic carbocycles. The monoisotopic (exact) mass is 736 g/mol. The molecule has 0 aromatic carbocycles. The molecule has 9 atom stereocenters. The summed E-state index contributed by atoms with van der Waals surface area (Å²) in [4.78, 5) is 12.4. The molecular weight excluding hydrogens is 685 g/mol. The number of carbonyl (C=O) groups excluding carboxylic acids is 1. The van der Waals surface area contributed by atoms with Crippen molar-refractivity contribution in [3.8, 4) is 0 Å². The number of halogens is 1. The summed E-state index contributed by atoms with van der Waals surface area (Å²) in [6.07, 6.45) is 18.3. The Labute approximate surface area is 234 Å². The van der Waals surface area contributed by atoms with E-state index in [0.29, 0.717) is 17.4 Å². The molecule has 0 N–H and O–H groups in total. The molecule has 0 aromatic heterocycles. The maximum absolute atomic E-state index is 12.4. The molecule has 0 saturated heterocycles. The SMILES string of the molecule is CCOC(=O)/C=C/[C@]12C[C@H]3[C@@H]4CC[C@H]([C@H](C)CCCC(C)C)[C@@]4(C)CC[C@@H]3[C@@]1(C)CC[C@@H]2[CH2][Hg][Br]. The van der Waals surface area contributed by atoms with Crippen LogP contribution < -0.4 is 0 Å². The van der Waals surface area contributed by atoms with E-state index in [-0.39, 0.29) is 11.4 Å². The van der Waals surface area contributed by atoms with Gasteiger partial charge in [-0.15, -0.1) is 0 Å². The molecule has 4 heteroatoms. The van der Waals surface area contributed by atoms with E-state index in [9.17, 15) is 4.79 Å². The Bertz CT molecular complexity index is 782. The van der Waals surface area contributed by atoms with Crippen LogP contribution in [-0.4, -0.2) is 12.6 Å². The van der Waals surface area contributed by atoms with Gasteiger partial charge in [-0.2, -0.15) is 0 Å². The van der Waals surface area contributed by atoms with Crippen molar-refractivity contribution in [3.05, 3.63) is 12.2 Å². The number of fused-ring (bicyclic) bond motifs is 5. The summed E-state index contributed by atoms with van der Waals surface area (Å²) < 4.78 is 6.79. The Balaban J connectivity index is 1.59. The first-order valence-electron chi connectivity index (χ1n) is 15.0. The second-order valence-corrected chi connectivity index (χ2v) is 24.5. The van der Waals surface area contributed by atoms with Crippen molar-refractivity contribution in [3.63, 3.8) is 0 Å². The molecule has 4 fully saturated rings. The fourth-order valence-electron chi connectivity index (χ4n) is 10.5. The molecule has 196 valence electrons. The third-order valence-corrected chi connectivity index (χ3v) is 19.7. The normalized spacial score (nSPS) is 43.1. The van der Waals surface area contributed by atoms with Gasteiger partial charge < -0.3 is 0 Å². The van der Waals surface area contributed by atoms with Gasteiger partial charge in [0, 0.05) is 0 Å². The van der Waals surface area contributed by atoms with E-state index in [2.05, 4.69) is 52.6 Å². The van der Waals surface area contributed by atoms with Gasteiger partial charge in [-0.1, -0.05) is 13.8 Å². The number of hydrogen-bond donors (Lipinski definition) is 0. The van der Waals surface area contributed by atoms with Gasteiger partial charge in [-0.3, -0.25) is 0 Å². The first kappa shape index (κ1) is 28.6. The average Bonchev–Trinajstić information content (AvgIpc) is 3.37. The van der Waals surface area contributed by atoms with Crippen LogP contribution in [0.5, 0.6) is 0 Å². The van der Waals surface area contributed by atoms with E-state index < -0.39 is 22.1 Å². The molecule has 4 rings (SSSR count). The number of esters is 1. The zero-order chi connectivity index (χ0) is 25.4. The zero-order valence-electron chi connectivity index (χ0n) is 23.6. The third kappa shape index (κ3) is 5.03. The summed E-state index contributed by atoms with van der Waals surface area (Å²) in [7, 11) is 0. The zero-order valence-corrected chi connectivity index (χ0v) is 30.7. The molecule has 4 aliphatic rings. The summed E-state index contributed by atoms with van der Waals surface area (Å²) in [5, 5.41) is 0. The standard InChI is InChI=1S/C31H51O2.BrH.Hg/c1-8-33-28(32)16-19-31-20-24-26-13-12-25(22(4)11-9-10-21(2)3)29(26,6)17-15-27(24)30(31,7)18-14-23(31)5;;/h16,19,21-27H,5,8-15,17-18,20H2,1-4,6-7H3;1H;/q;;+1/p-1/b19-16+;;/t22-,23+,24+,25-,26+,27+,29-,30-,31-;;/m1../s1. The molecule has 0 aromatic rings. The Kier molecular flexibility index (Phi) is 9.32. The van der Waals surface area contributed by atoms with Crippen LogP contribution in [0.4, 0.5) is 0 Å². The van der Waals surface area contributed by atoms with Gasteiger partial charge >= 0.3 is 216 Å². The predicted octanol–water partition coefficient (Wildman–Crippen LogP) is 9.24. The van der Waals surface area contributed by atoms with Crippen molar-refractivity contribution in [1.82, 2.24) is 0 Å². The van der Waals surface area contributed by atoms with Gasteiger partial charge in [0.05, 0.1) is 0 Å². The molecule has 2 nitrogen and oxygen atoms in total. The number of hydrogen-bond acceptors (Lipinski definition) is 2. The van der Waals surface area contributed by atoms with E-state index in [1.807, 2.05) is 13.0 Å². The molecule has 4 saturated carbocycles. The van der Waals surface area contributed by atoms with Crippen LogP contribution in [0, 0.1) is 57.7 Å². The van der Waals surface area contributed by atoms with Gasteiger partial charge in [0.2, 0.25) is 0 Å². The summed E-state index contributed by atoms with van der Waals surface area (Å²) >= 11 is 3.05. The van der Waals surface area contributed by atoms with Crippen LogP contribution in [0.25, 0.3) is 0 Å². The molecule has 0 amide bonds. The second-order valence-electron chi connectivity index (χ2n) is 13.9. The molecule has 0 heterocycles. The predicted molar refractivity (Wildman–Crippen MR) is 146 cm³/mol. The van der Waals surface area contributed by atoms with Crippen molar-refractivity contribution in [2.24, 2.45) is 57.7 Å². The molecule has 0 spiro atoms. The summed E-state index contributed by atoms with van der Waals surface area (Å²) in [6, 6.07) is 0. The van der Waals surface area contributed by atoms with Crippen LogP contribution in [0.1, 0.15) is 106 Å². The minimum atomic E-state index is -0.944. The van der Waals surface area contributed by atoms with Crippen LogP contribution in [0.15, 0.2) is 12.2 Å². The number of ether oxygens (including phenoxy) is 1. The Morgan fingerprint density at radius 1 is 1.09 bits per heavy atom. The van der Waals surface area contributed by atoms with Crippen molar-refractivity contribution in [2.75, 3.05) is 6.61 Å². The fourth-order valence-corrected chi connectivity index (χ4v) is 19.5. The summed E-state index contributed by atoms with van der Waals surface area (Å²) in [6.45, 7) is 15.1. The van der Waals surface area contributed by atoms with Gasteiger partial charge in [-0.25, -0.2) is 0 Å². The van der Waals surface area contributed by atoms with Crippen molar-refractivity contribution >= 4 is 17.9 Å². The Morgan fingerprint density at radius 2 is 1.86 bits per heavy atom. The first-order valence-corrected chi connectivity index (χ1v) is 30.9.